The number of aromatic nitrogens is 2. The van der Waals surface area contributed by atoms with Crippen LogP contribution in [0.5, 0.6) is 0 Å². The number of carbonyl (C=O) groups is 1. The summed E-state index contributed by atoms with van der Waals surface area (Å²) in [6, 6.07) is 13.7. The van der Waals surface area contributed by atoms with Crippen molar-refractivity contribution in [2.75, 3.05) is 0 Å². The molecule has 0 aliphatic rings. The van der Waals surface area contributed by atoms with Crippen molar-refractivity contribution in [1.29, 1.82) is 0 Å². The molecule has 0 aliphatic heterocycles. The molecule has 0 aliphatic carbocycles. The van der Waals surface area contributed by atoms with Crippen molar-refractivity contribution in [2.45, 2.75) is 13.0 Å². The van der Waals surface area contributed by atoms with Gasteiger partial charge < -0.3 is 9.72 Å². The summed E-state index contributed by atoms with van der Waals surface area (Å²) in [5.41, 5.74) is 2.85. The van der Waals surface area contributed by atoms with Crippen LogP contribution < -0.4 is 5.32 Å². The summed E-state index contributed by atoms with van der Waals surface area (Å²) >= 11 is 1.62. The van der Waals surface area contributed by atoms with Crippen molar-refractivity contribution in [1.82, 2.24) is 14.7 Å². The Morgan fingerprint density at radius 1 is 1.15 bits per heavy atom. The second kappa shape index (κ2) is 6.72. The van der Waals surface area contributed by atoms with Crippen molar-refractivity contribution >= 4 is 22.9 Å². The zero-order valence-electron chi connectivity index (χ0n) is 14.0. The molecule has 0 saturated carbocycles. The fourth-order valence-corrected chi connectivity index (χ4v) is 3.51. The molecule has 26 heavy (non-hydrogen) atoms. The van der Waals surface area contributed by atoms with Gasteiger partial charge in [-0.3, -0.25) is 4.79 Å². The summed E-state index contributed by atoms with van der Waals surface area (Å²) in [4.78, 5) is 18.2. The van der Waals surface area contributed by atoms with E-state index in [4.69, 9.17) is 0 Å². The first kappa shape index (κ1) is 16.5. The number of hydrogen-bond donors (Lipinski definition) is 1. The van der Waals surface area contributed by atoms with Gasteiger partial charge in [0, 0.05) is 22.8 Å². The zero-order chi connectivity index (χ0) is 18.1. The molecule has 4 aromatic rings. The molecule has 0 saturated heterocycles. The van der Waals surface area contributed by atoms with Gasteiger partial charge in [0.2, 0.25) is 0 Å². The molecule has 130 valence electrons. The molecule has 4 rings (SSSR count). The lowest BCUT2D eigenvalue weighted by Crippen LogP contribution is -2.26. The summed E-state index contributed by atoms with van der Waals surface area (Å²) in [6.45, 7) is 1.96. The number of hydrogen-bond acceptors (Lipinski definition) is 3. The Kier molecular flexibility index (Phi) is 4.26. The van der Waals surface area contributed by atoms with E-state index in [0.29, 0.717) is 5.56 Å². The van der Waals surface area contributed by atoms with Crippen LogP contribution in [-0.4, -0.2) is 15.3 Å². The van der Waals surface area contributed by atoms with Crippen LogP contribution >= 0.6 is 11.3 Å². The van der Waals surface area contributed by atoms with E-state index >= 15 is 0 Å². The monoisotopic (exact) mass is 365 g/mol. The molecule has 0 radical (unpaired) electrons. The maximum Gasteiger partial charge on any atom is 0.253 e. The number of imidazole rings is 1. The zero-order valence-corrected chi connectivity index (χ0v) is 14.8. The largest absolute Gasteiger partial charge is 0.345 e. The highest BCUT2D eigenvalue weighted by atomic mass is 32.1. The van der Waals surface area contributed by atoms with Gasteiger partial charge in [-0.1, -0.05) is 6.07 Å². The van der Waals surface area contributed by atoms with Gasteiger partial charge in [0.1, 0.15) is 11.5 Å². The van der Waals surface area contributed by atoms with Gasteiger partial charge in [0.15, 0.2) is 0 Å². The maximum atomic E-state index is 13.1. The highest BCUT2D eigenvalue weighted by Crippen LogP contribution is 2.21. The summed E-state index contributed by atoms with van der Waals surface area (Å²) in [5, 5.41) is 5.00. The van der Waals surface area contributed by atoms with E-state index in [-0.39, 0.29) is 17.8 Å². The predicted octanol–water partition coefficient (Wildman–Crippen LogP) is 4.69. The van der Waals surface area contributed by atoms with Gasteiger partial charge in [-0.25, -0.2) is 9.37 Å². The lowest BCUT2D eigenvalue weighted by Gasteiger charge is -2.12. The van der Waals surface area contributed by atoms with E-state index in [0.717, 1.165) is 21.8 Å². The molecule has 1 atom stereocenters. The second-order valence-electron chi connectivity index (χ2n) is 6.03. The Morgan fingerprint density at radius 3 is 2.69 bits per heavy atom. The number of benzene rings is 1. The van der Waals surface area contributed by atoms with Crippen LogP contribution in [0, 0.1) is 5.82 Å². The first-order chi connectivity index (χ1) is 12.6. The third-order valence-corrected chi connectivity index (χ3v) is 5.23. The van der Waals surface area contributed by atoms with Crippen LogP contribution in [0.4, 0.5) is 4.39 Å². The summed E-state index contributed by atoms with van der Waals surface area (Å²) in [6.07, 6.45) is 3.59. The quantitative estimate of drug-likeness (QED) is 0.570. The summed E-state index contributed by atoms with van der Waals surface area (Å²) in [7, 11) is 0. The molecule has 0 bridgehead atoms. The number of rotatable bonds is 4. The van der Waals surface area contributed by atoms with Crippen molar-refractivity contribution in [3.05, 3.63) is 82.6 Å². The van der Waals surface area contributed by atoms with Crippen LogP contribution in [0.1, 0.15) is 28.2 Å². The molecule has 4 nitrogen and oxygen atoms in total. The van der Waals surface area contributed by atoms with Crippen LogP contribution in [0.3, 0.4) is 0 Å². The second-order valence-corrected chi connectivity index (χ2v) is 7.01. The Morgan fingerprint density at radius 2 is 1.96 bits per heavy atom. The van der Waals surface area contributed by atoms with Gasteiger partial charge in [-0.2, -0.15) is 0 Å². The molecule has 3 heterocycles. The highest BCUT2D eigenvalue weighted by molar-refractivity contribution is 7.10. The third kappa shape index (κ3) is 3.23. The van der Waals surface area contributed by atoms with Crippen LogP contribution in [0.25, 0.3) is 16.9 Å². The molecule has 0 spiro atoms. The van der Waals surface area contributed by atoms with Gasteiger partial charge in [-0.05, 0) is 54.8 Å². The van der Waals surface area contributed by atoms with Crippen LogP contribution in [-0.2, 0) is 0 Å². The van der Waals surface area contributed by atoms with Gasteiger partial charge in [-0.15, -0.1) is 11.3 Å². The number of pyridine rings is 1. The molecule has 1 unspecified atom stereocenters. The highest BCUT2D eigenvalue weighted by Gasteiger charge is 2.13. The number of thiophene rings is 1. The Bertz CT molecular complexity index is 1050. The molecule has 0 fully saturated rings. The number of halogens is 1. The molecule has 6 heteroatoms. The number of nitrogens with zero attached hydrogens (tertiary/aromatic N) is 2. The van der Waals surface area contributed by atoms with E-state index in [1.54, 1.807) is 41.8 Å². The topological polar surface area (TPSA) is 46.4 Å². The predicted molar refractivity (Wildman–Crippen MR) is 101 cm³/mol. The SMILES string of the molecule is CC(NC(=O)c1ccc2nc(-c3ccc(F)cc3)cn2c1)c1cccs1. The van der Waals surface area contributed by atoms with E-state index in [2.05, 4.69) is 10.3 Å². The number of amides is 1. The molecule has 1 aromatic carbocycles. The minimum absolute atomic E-state index is 0.0456. The average molecular weight is 365 g/mol. The van der Waals surface area contributed by atoms with Gasteiger partial charge in [0.25, 0.3) is 5.91 Å². The van der Waals surface area contributed by atoms with E-state index < -0.39 is 0 Å². The Hall–Kier alpha value is -2.99. The minimum atomic E-state index is -0.281. The van der Waals surface area contributed by atoms with Crippen LogP contribution in [0.2, 0.25) is 0 Å². The fraction of sp³-hybridized carbons (Fsp3) is 0.100. The lowest BCUT2D eigenvalue weighted by molar-refractivity contribution is 0.0940. The van der Waals surface area contributed by atoms with Crippen molar-refractivity contribution in [3.63, 3.8) is 0 Å². The first-order valence-corrected chi connectivity index (χ1v) is 9.07. The molecule has 1 amide bonds. The lowest BCUT2D eigenvalue weighted by atomic mass is 10.2. The Labute approximate surface area is 153 Å². The molecule has 3 aromatic heterocycles. The van der Waals surface area contributed by atoms with Crippen molar-refractivity contribution < 1.29 is 9.18 Å². The summed E-state index contributed by atoms with van der Waals surface area (Å²) in [5.74, 6) is -0.416. The number of nitrogens with one attached hydrogen (secondary N) is 1. The third-order valence-electron chi connectivity index (χ3n) is 4.17. The van der Waals surface area contributed by atoms with E-state index in [1.165, 1.54) is 12.1 Å². The smallest absolute Gasteiger partial charge is 0.253 e. The van der Waals surface area contributed by atoms with E-state index in [1.807, 2.05) is 35.0 Å². The molecular weight excluding hydrogens is 349 g/mol. The fourth-order valence-electron chi connectivity index (χ4n) is 2.77. The van der Waals surface area contributed by atoms with Crippen molar-refractivity contribution in [3.8, 4) is 11.3 Å². The number of fused-ring (bicyclic) bond motifs is 1. The first-order valence-electron chi connectivity index (χ1n) is 8.19. The standard InChI is InChI=1S/C20H16FN3OS/c1-13(18-3-2-10-26-18)22-20(25)15-6-9-19-23-17(12-24(19)11-15)14-4-7-16(21)8-5-14/h2-13H,1H3,(H,22,25). The normalized spacial score (nSPS) is 12.2. The Balaban J connectivity index is 1.59. The van der Waals surface area contributed by atoms with Crippen molar-refractivity contribution in [2.24, 2.45) is 0 Å². The summed E-state index contributed by atoms with van der Waals surface area (Å²) < 4.78 is 14.9. The minimum Gasteiger partial charge on any atom is -0.345 e. The van der Waals surface area contributed by atoms with E-state index in [9.17, 15) is 9.18 Å². The van der Waals surface area contributed by atoms with Gasteiger partial charge >= 0.3 is 0 Å². The molecule has 1 N–H and O–H groups in total. The average Bonchev–Trinajstić information content (AvgIpc) is 3.31. The molecular formula is C20H16FN3OS. The van der Waals surface area contributed by atoms with Crippen LogP contribution in [0.15, 0.2) is 66.3 Å². The number of carbonyl (C=O) groups excluding carboxylic acids is 1. The maximum absolute atomic E-state index is 13.1. The van der Waals surface area contributed by atoms with Gasteiger partial charge in [0.05, 0.1) is 17.3 Å².